The normalized spacial score (nSPS) is 26.5. The Hall–Kier alpha value is -1.29. The summed E-state index contributed by atoms with van der Waals surface area (Å²) in [6.45, 7) is 8.28. The molecule has 21 heavy (non-hydrogen) atoms. The first-order valence-electron chi connectivity index (χ1n) is 8.28. The summed E-state index contributed by atoms with van der Waals surface area (Å²) in [7, 11) is 0. The van der Waals surface area contributed by atoms with Crippen LogP contribution >= 0.6 is 0 Å². The molecular weight excluding hydrogens is 262 g/mol. The molecule has 2 fully saturated rings. The van der Waals surface area contributed by atoms with E-state index in [0.717, 1.165) is 38.3 Å². The molecule has 0 aromatic carbocycles. The van der Waals surface area contributed by atoms with Crippen LogP contribution in [0.2, 0.25) is 0 Å². The van der Waals surface area contributed by atoms with Gasteiger partial charge in [0.1, 0.15) is 5.69 Å². The van der Waals surface area contributed by atoms with E-state index in [1.165, 1.54) is 19.3 Å². The number of carbonyl (C=O) groups excluding carboxylic acids is 1. The number of nitrogens with zero attached hydrogens (tertiary/aromatic N) is 2. The Bertz CT molecular complexity index is 494. The van der Waals surface area contributed by atoms with E-state index < -0.39 is 0 Å². The minimum Gasteiger partial charge on any atom is -0.341 e. The topological polar surface area (TPSA) is 37.3 Å². The summed E-state index contributed by atoms with van der Waals surface area (Å²) in [6.07, 6.45) is 6.91. The van der Waals surface area contributed by atoms with Crippen LogP contribution in [0.5, 0.6) is 0 Å². The second kappa shape index (κ2) is 5.84. The maximum atomic E-state index is 12.9. The van der Waals surface area contributed by atoms with E-state index >= 15 is 0 Å². The lowest BCUT2D eigenvalue weighted by atomic mass is 9.74. The van der Waals surface area contributed by atoms with Gasteiger partial charge in [0.15, 0.2) is 0 Å². The molecule has 1 aromatic heterocycles. The standard InChI is InChI=1S/C17H27N3O/c1-14(2)20-11-3-6-15(20)16(21)19-10-5-8-17(13-19)7-4-9-18-12-17/h3,6,11,14,18H,4-5,7-10,12-13H2,1-2H3. The SMILES string of the molecule is CC(C)n1cccc1C(=O)N1CCCC2(CCCNC2)C1. The fraction of sp³-hybridized carbons (Fsp3) is 0.706. The average molecular weight is 289 g/mol. The van der Waals surface area contributed by atoms with Crippen LogP contribution in [0.1, 0.15) is 56.1 Å². The minimum absolute atomic E-state index is 0.207. The maximum absolute atomic E-state index is 12.9. The largest absolute Gasteiger partial charge is 0.341 e. The predicted octanol–water partition coefficient (Wildman–Crippen LogP) is 2.67. The highest BCUT2D eigenvalue weighted by atomic mass is 16.2. The zero-order valence-electron chi connectivity index (χ0n) is 13.3. The van der Waals surface area contributed by atoms with Gasteiger partial charge in [0.2, 0.25) is 0 Å². The number of nitrogens with one attached hydrogen (secondary N) is 1. The predicted molar refractivity (Wildman–Crippen MR) is 84.5 cm³/mol. The van der Waals surface area contributed by atoms with Gasteiger partial charge in [-0.3, -0.25) is 4.79 Å². The fourth-order valence-corrected chi connectivity index (χ4v) is 3.95. The van der Waals surface area contributed by atoms with E-state index in [9.17, 15) is 4.79 Å². The monoisotopic (exact) mass is 289 g/mol. The first-order chi connectivity index (χ1) is 10.1. The van der Waals surface area contributed by atoms with E-state index in [-0.39, 0.29) is 5.91 Å². The third kappa shape index (κ3) is 2.86. The van der Waals surface area contributed by atoms with E-state index in [0.29, 0.717) is 11.5 Å². The van der Waals surface area contributed by atoms with Crippen LogP contribution in [-0.4, -0.2) is 41.6 Å². The highest BCUT2D eigenvalue weighted by Crippen LogP contribution is 2.36. The number of amides is 1. The van der Waals surface area contributed by atoms with Crippen LogP contribution in [-0.2, 0) is 0 Å². The molecule has 116 valence electrons. The van der Waals surface area contributed by atoms with Gasteiger partial charge in [-0.05, 0) is 58.2 Å². The van der Waals surface area contributed by atoms with Gasteiger partial charge in [0, 0.05) is 37.3 Å². The highest BCUT2D eigenvalue weighted by Gasteiger charge is 2.38. The molecule has 1 spiro atoms. The fourth-order valence-electron chi connectivity index (χ4n) is 3.95. The molecule has 2 aliphatic rings. The maximum Gasteiger partial charge on any atom is 0.270 e. The van der Waals surface area contributed by atoms with Crippen molar-refractivity contribution in [1.29, 1.82) is 0 Å². The van der Waals surface area contributed by atoms with Crippen LogP contribution in [0.15, 0.2) is 18.3 Å². The first-order valence-corrected chi connectivity index (χ1v) is 8.28. The minimum atomic E-state index is 0.207. The van der Waals surface area contributed by atoms with Gasteiger partial charge in [-0.2, -0.15) is 0 Å². The van der Waals surface area contributed by atoms with Crippen LogP contribution in [0.3, 0.4) is 0 Å². The molecule has 1 N–H and O–H groups in total. The summed E-state index contributed by atoms with van der Waals surface area (Å²) in [6, 6.07) is 4.27. The van der Waals surface area contributed by atoms with Crippen LogP contribution in [0.25, 0.3) is 0 Å². The molecule has 0 radical (unpaired) electrons. The van der Waals surface area contributed by atoms with Crippen molar-refractivity contribution >= 4 is 5.91 Å². The average Bonchev–Trinajstić information content (AvgIpc) is 2.97. The molecule has 1 aromatic rings. The van der Waals surface area contributed by atoms with Crippen LogP contribution in [0.4, 0.5) is 0 Å². The number of rotatable bonds is 2. The molecule has 0 aliphatic carbocycles. The molecular formula is C17H27N3O. The number of aromatic nitrogens is 1. The number of hydrogen-bond donors (Lipinski definition) is 1. The van der Waals surface area contributed by atoms with Gasteiger partial charge in [0.25, 0.3) is 5.91 Å². The third-order valence-electron chi connectivity index (χ3n) is 5.06. The Morgan fingerprint density at radius 3 is 2.86 bits per heavy atom. The zero-order valence-corrected chi connectivity index (χ0v) is 13.3. The third-order valence-corrected chi connectivity index (χ3v) is 5.06. The van der Waals surface area contributed by atoms with Crippen molar-refractivity contribution in [2.45, 2.75) is 45.6 Å². The summed E-state index contributed by atoms with van der Waals surface area (Å²) >= 11 is 0. The van der Waals surface area contributed by atoms with Gasteiger partial charge in [0.05, 0.1) is 0 Å². The molecule has 2 aliphatic heterocycles. The Balaban J connectivity index is 1.76. The molecule has 1 unspecified atom stereocenters. The summed E-state index contributed by atoms with van der Waals surface area (Å²) in [5, 5.41) is 3.53. The Kier molecular flexibility index (Phi) is 4.07. The van der Waals surface area contributed by atoms with Gasteiger partial charge < -0.3 is 14.8 Å². The van der Waals surface area contributed by atoms with E-state index in [1.54, 1.807) is 0 Å². The van der Waals surface area contributed by atoms with Gasteiger partial charge >= 0.3 is 0 Å². The van der Waals surface area contributed by atoms with Gasteiger partial charge in [-0.25, -0.2) is 0 Å². The van der Waals surface area contributed by atoms with Crippen molar-refractivity contribution in [3.63, 3.8) is 0 Å². The second-order valence-electron chi connectivity index (χ2n) is 7.01. The smallest absolute Gasteiger partial charge is 0.270 e. The van der Waals surface area contributed by atoms with Crippen molar-refractivity contribution in [3.8, 4) is 0 Å². The lowest BCUT2D eigenvalue weighted by Gasteiger charge is -2.45. The molecule has 0 saturated carbocycles. The van der Waals surface area contributed by atoms with E-state index in [4.69, 9.17) is 0 Å². The molecule has 1 atom stereocenters. The lowest BCUT2D eigenvalue weighted by Crippen LogP contribution is -2.52. The number of piperidine rings is 2. The molecule has 3 heterocycles. The summed E-state index contributed by atoms with van der Waals surface area (Å²) in [5.74, 6) is 0.207. The quantitative estimate of drug-likeness (QED) is 0.909. The van der Waals surface area contributed by atoms with Crippen molar-refractivity contribution in [3.05, 3.63) is 24.0 Å². The Morgan fingerprint density at radius 2 is 2.14 bits per heavy atom. The zero-order chi connectivity index (χ0) is 14.9. The number of likely N-dealkylation sites (tertiary alicyclic amines) is 1. The van der Waals surface area contributed by atoms with E-state index in [1.807, 2.05) is 18.3 Å². The van der Waals surface area contributed by atoms with Crippen molar-refractivity contribution in [1.82, 2.24) is 14.8 Å². The second-order valence-corrected chi connectivity index (χ2v) is 7.01. The van der Waals surface area contributed by atoms with Gasteiger partial charge in [-0.15, -0.1) is 0 Å². The Labute approximate surface area is 127 Å². The molecule has 0 bridgehead atoms. The molecule has 3 rings (SSSR count). The molecule has 4 heteroatoms. The molecule has 2 saturated heterocycles. The van der Waals surface area contributed by atoms with Crippen molar-refractivity contribution < 1.29 is 4.79 Å². The highest BCUT2D eigenvalue weighted by molar-refractivity contribution is 5.93. The first kappa shape index (κ1) is 14.6. The number of hydrogen-bond acceptors (Lipinski definition) is 2. The van der Waals surface area contributed by atoms with Crippen molar-refractivity contribution in [2.75, 3.05) is 26.2 Å². The van der Waals surface area contributed by atoms with Crippen molar-refractivity contribution in [2.24, 2.45) is 5.41 Å². The molecule has 4 nitrogen and oxygen atoms in total. The summed E-state index contributed by atoms with van der Waals surface area (Å²) < 4.78 is 2.09. The van der Waals surface area contributed by atoms with Crippen LogP contribution < -0.4 is 5.32 Å². The molecule has 1 amide bonds. The summed E-state index contributed by atoms with van der Waals surface area (Å²) in [4.78, 5) is 15.0. The Morgan fingerprint density at radius 1 is 1.33 bits per heavy atom. The van der Waals surface area contributed by atoms with Gasteiger partial charge in [-0.1, -0.05) is 0 Å². The summed E-state index contributed by atoms with van der Waals surface area (Å²) in [5.41, 5.74) is 1.16. The lowest BCUT2D eigenvalue weighted by molar-refractivity contribution is 0.0424. The number of carbonyl (C=O) groups is 1. The van der Waals surface area contributed by atoms with E-state index in [2.05, 4.69) is 28.6 Å². The van der Waals surface area contributed by atoms with Crippen LogP contribution in [0, 0.1) is 5.41 Å².